The molecule has 0 bridgehead atoms. The molecule has 0 unspecified atom stereocenters. The van der Waals surface area contributed by atoms with Crippen molar-refractivity contribution in [3.8, 4) is 11.5 Å². The van der Waals surface area contributed by atoms with Crippen molar-refractivity contribution >= 4 is 11.8 Å². The van der Waals surface area contributed by atoms with Crippen LogP contribution in [0, 0.1) is 6.92 Å². The number of halogens is 3. The summed E-state index contributed by atoms with van der Waals surface area (Å²) >= 11 is 0. The summed E-state index contributed by atoms with van der Waals surface area (Å²) in [5, 5.41) is 8.84. The highest BCUT2D eigenvalue weighted by Gasteiger charge is 2.31. The van der Waals surface area contributed by atoms with Crippen molar-refractivity contribution in [3.63, 3.8) is 0 Å². The molecule has 0 aromatic heterocycles. The monoisotopic (exact) mass is 514 g/mol. The zero-order chi connectivity index (χ0) is 27.0. The zero-order valence-electron chi connectivity index (χ0n) is 20.7. The molecule has 0 amide bonds. The predicted octanol–water partition coefficient (Wildman–Crippen LogP) is 6.67. The van der Waals surface area contributed by atoms with Gasteiger partial charge in [0.05, 0.1) is 24.3 Å². The molecule has 0 saturated carbocycles. The Kier molecular flexibility index (Phi) is 9.33. The Hall–Kier alpha value is -3.81. The van der Waals surface area contributed by atoms with E-state index >= 15 is 0 Å². The molecule has 1 N–H and O–H groups in total. The van der Waals surface area contributed by atoms with Gasteiger partial charge in [-0.05, 0) is 72.9 Å². The molecule has 0 aliphatic carbocycles. The molecule has 5 nitrogen and oxygen atoms in total. The standard InChI is InChI=1S/C29H29F3O5/c1-3-20-8-12-26(25(17-20)28(35)22-6-4-7-23(18-22)29(30,31)32)37-15-5-14-36-24-11-9-21(19(2)16-24)10-13-27(33)34/h4,6-9,11-12,16-18H,3,5,10,13-15H2,1-2H3,(H,33,34). The minimum absolute atomic E-state index is 0.0570. The van der Waals surface area contributed by atoms with Crippen LogP contribution in [0.1, 0.15) is 57.9 Å². The summed E-state index contributed by atoms with van der Waals surface area (Å²) in [7, 11) is 0. The molecule has 0 heterocycles. The Morgan fingerprint density at radius 3 is 2.38 bits per heavy atom. The van der Waals surface area contributed by atoms with Crippen LogP contribution in [0.3, 0.4) is 0 Å². The van der Waals surface area contributed by atoms with Crippen LogP contribution in [0.25, 0.3) is 0 Å². The van der Waals surface area contributed by atoms with E-state index in [2.05, 4.69) is 0 Å². The SMILES string of the molecule is CCc1ccc(OCCCOc2ccc(CCC(=O)O)c(C)c2)c(C(=O)c2cccc(C(F)(F)F)c2)c1. The first-order valence-corrected chi connectivity index (χ1v) is 12.0. The Labute approximate surface area is 213 Å². The van der Waals surface area contributed by atoms with Gasteiger partial charge >= 0.3 is 12.1 Å². The fourth-order valence-corrected chi connectivity index (χ4v) is 3.80. The summed E-state index contributed by atoms with van der Waals surface area (Å²) in [4.78, 5) is 23.9. The largest absolute Gasteiger partial charge is 0.493 e. The fraction of sp³-hybridized carbons (Fsp3) is 0.310. The van der Waals surface area contributed by atoms with Crippen LogP contribution in [0.5, 0.6) is 11.5 Å². The number of hydrogen-bond donors (Lipinski definition) is 1. The van der Waals surface area contributed by atoms with Crippen molar-refractivity contribution in [3.05, 3.63) is 94.0 Å². The number of alkyl halides is 3. The number of carbonyl (C=O) groups is 2. The molecule has 196 valence electrons. The Morgan fingerprint density at radius 2 is 1.70 bits per heavy atom. The van der Waals surface area contributed by atoms with Gasteiger partial charge in [0.2, 0.25) is 0 Å². The summed E-state index contributed by atoms with van der Waals surface area (Å²) in [6.07, 6.45) is -2.86. The van der Waals surface area contributed by atoms with E-state index in [9.17, 15) is 22.8 Å². The lowest BCUT2D eigenvalue weighted by atomic mass is 9.98. The summed E-state index contributed by atoms with van der Waals surface area (Å²) < 4.78 is 51.0. The number of carbonyl (C=O) groups excluding carboxylic acids is 1. The van der Waals surface area contributed by atoms with E-state index in [1.165, 1.54) is 12.1 Å². The van der Waals surface area contributed by atoms with Crippen LogP contribution < -0.4 is 9.47 Å². The van der Waals surface area contributed by atoms with Gasteiger partial charge in [0.15, 0.2) is 5.78 Å². The molecule has 0 atom stereocenters. The third-order valence-electron chi connectivity index (χ3n) is 5.89. The number of benzene rings is 3. The maximum absolute atomic E-state index is 13.1. The van der Waals surface area contributed by atoms with E-state index in [-0.39, 0.29) is 24.2 Å². The van der Waals surface area contributed by atoms with Gasteiger partial charge in [-0.25, -0.2) is 0 Å². The van der Waals surface area contributed by atoms with Gasteiger partial charge < -0.3 is 14.6 Å². The highest BCUT2D eigenvalue weighted by molar-refractivity contribution is 6.11. The van der Waals surface area contributed by atoms with Crippen molar-refractivity contribution in [1.82, 2.24) is 0 Å². The smallest absolute Gasteiger partial charge is 0.416 e. The highest BCUT2D eigenvalue weighted by Crippen LogP contribution is 2.31. The Balaban J connectivity index is 1.62. The van der Waals surface area contributed by atoms with Gasteiger partial charge in [0.1, 0.15) is 11.5 Å². The normalized spacial score (nSPS) is 11.3. The molecule has 37 heavy (non-hydrogen) atoms. The summed E-state index contributed by atoms with van der Waals surface area (Å²) in [6, 6.07) is 15.0. The third-order valence-corrected chi connectivity index (χ3v) is 5.89. The maximum atomic E-state index is 13.1. The molecule has 0 radical (unpaired) electrons. The highest BCUT2D eigenvalue weighted by atomic mass is 19.4. The lowest BCUT2D eigenvalue weighted by Gasteiger charge is -2.14. The van der Waals surface area contributed by atoms with Gasteiger partial charge in [-0.3, -0.25) is 9.59 Å². The molecule has 0 saturated heterocycles. The molecule has 3 aromatic rings. The van der Waals surface area contributed by atoms with Crippen LogP contribution in [0.4, 0.5) is 13.2 Å². The molecule has 0 spiro atoms. The van der Waals surface area contributed by atoms with E-state index in [0.717, 1.165) is 28.8 Å². The first kappa shape index (κ1) is 27.8. The van der Waals surface area contributed by atoms with Crippen LogP contribution in [-0.4, -0.2) is 30.1 Å². The maximum Gasteiger partial charge on any atom is 0.416 e. The Morgan fingerprint density at radius 1 is 0.946 bits per heavy atom. The van der Waals surface area contributed by atoms with Gasteiger partial charge in [-0.15, -0.1) is 0 Å². The van der Waals surface area contributed by atoms with Crippen LogP contribution in [0.15, 0.2) is 60.7 Å². The molecule has 0 fully saturated rings. The number of hydrogen-bond acceptors (Lipinski definition) is 4. The van der Waals surface area contributed by atoms with Crippen molar-refractivity contribution in [2.75, 3.05) is 13.2 Å². The molecule has 0 aliphatic rings. The van der Waals surface area contributed by atoms with Gasteiger partial charge in [-0.2, -0.15) is 13.2 Å². The van der Waals surface area contributed by atoms with E-state index < -0.39 is 23.5 Å². The molecular weight excluding hydrogens is 485 g/mol. The summed E-state index contributed by atoms with van der Waals surface area (Å²) in [5.74, 6) is -0.419. The lowest BCUT2D eigenvalue weighted by Crippen LogP contribution is -2.11. The predicted molar refractivity (Wildman–Crippen MR) is 133 cm³/mol. The quantitative estimate of drug-likeness (QED) is 0.216. The second kappa shape index (κ2) is 12.4. The first-order valence-electron chi connectivity index (χ1n) is 12.0. The van der Waals surface area contributed by atoms with Crippen molar-refractivity contribution in [2.24, 2.45) is 0 Å². The molecule has 8 heteroatoms. The number of ether oxygens (including phenoxy) is 2. The number of carboxylic acid groups (broad SMARTS) is 1. The van der Waals surface area contributed by atoms with Crippen molar-refractivity contribution in [1.29, 1.82) is 0 Å². The number of carboxylic acids is 1. The van der Waals surface area contributed by atoms with E-state index in [1.807, 2.05) is 32.0 Å². The number of rotatable bonds is 12. The zero-order valence-corrected chi connectivity index (χ0v) is 20.7. The lowest BCUT2D eigenvalue weighted by molar-refractivity contribution is -0.138. The number of aryl methyl sites for hydroxylation is 3. The summed E-state index contributed by atoms with van der Waals surface area (Å²) in [5.41, 5.74) is 2.05. The van der Waals surface area contributed by atoms with Gasteiger partial charge in [0, 0.05) is 18.4 Å². The van der Waals surface area contributed by atoms with Crippen LogP contribution >= 0.6 is 0 Å². The van der Waals surface area contributed by atoms with E-state index in [1.54, 1.807) is 18.2 Å². The van der Waals surface area contributed by atoms with Crippen molar-refractivity contribution < 1.29 is 37.3 Å². The average Bonchev–Trinajstić information content (AvgIpc) is 2.87. The molecular formula is C29H29F3O5. The summed E-state index contributed by atoms with van der Waals surface area (Å²) in [6.45, 7) is 4.41. The minimum Gasteiger partial charge on any atom is -0.493 e. The van der Waals surface area contributed by atoms with Crippen LogP contribution in [0.2, 0.25) is 0 Å². The second-order valence-electron chi connectivity index (χ2n) is 8.62. The van der Waals surface area contributed by atoms with Gasteiger partial charge in [-0.1, -0.05) is 31.2 Å². The van der Waals surface area contributed by atoms with Crippen molar-refractivity contribution in [2.45, 2.75) is 45.7 Å². The van der Waals surface area contributed by atoms with E-state index in [4.69, 9.17) is 14.6 Å². The first-order chi connectivity index (χ1) is 17.6. The van der Waals surface area contributed by atoms with E-state index in [0.29, 0.717) is 37.4 Å². The number of ketones is 1. The minimum atomic E-state index is -4.54. The third kappa shape index (κ3) is 7.84. The Bertz CT molecular complexity index is 1250. The fourth-order valence-electron chi connectivity index (χ4n) is 3.80. The van der Waals surface area contributed by atoms with Gasteiger partial charge in [0.25, 0.3) is 0 Å². The molecule has 3 aromatic carbocycles. The number of aliphatic carboxylic acids is 1. The van der Waals surface area contributed by atoms with Crippen LogP contribution in [-0.2, 0) is 23.8 Å². The second-order valence-corrected chi connectivity index (χ2v) is 8.62. The molecule has 3 rings (SSSR count). The topological polar surface area (TPSA) is 72.8 Å². The average molecular weight is 515 g/mol. The molecule has 0 aliphatic heterocycles.